The van der Waals surface area contributed by atoms with E-state index in [0.717, 1.165) is 51.2 Å². The highest BCUT2D eigenvalue weighted by Crippen LogP contribution is 2.28. The van der Waals surface area contributed by atoms with Gasteiger partial charge in [-0.25, -0.2) is 14.2 Å². The number of piperidine rings is 1. The van der Waals surface area contributed by atoms with E-state index in [4.69, 9.17) is 4.74 Å². The number of hydrogen-bond donors (Lipinski definition) is 1. The first-order valence-electron chi connectivity index (χ1n) is 11.0. The number of non-ortho nitro benzene ring substituents is 1. The Bertz CT molecular complexity index is 1010. The average Bonchev–Trinajstić information content (AvgIpc) is 2.81. The fraction of sp³-hybridized carbons (Fsp3) is 0.455. The molecule has 2 aliphatic rings. The highest BCUT2D eigenvalue weighted by Gasteiger charge is 2.28. The summed E-state index contributed by atoms with van der Waals surface area (Å²) in [6.07, 6.45) is 3.76. The van der Waals surface area contributed by atoms with Gasteiger partial charge in [0.15, 0.2) is 11.6 Å². The van der Waals surface area contributed by atoms with Crippen molar-refractivity contribution in [2.24, 2.45) is 0 Å². The lowest BCUT2D eigenvalue weighted by Crippen LogP contribution is -2.54. The minimum atomic E-state index is -0.853. The van der Waals surface area contributed by atoms with Crippen LogP contribution in [0.3, 0.4) is 0 Å². The van der Waals surface area contributed by atoms with Gasteiger partial charge in [0.25, 0.3) is 5.69 Å². The number of anilines is 1. The number of likely N-dealkylation sites (tertiary alicyclic amines) is 1. The normalized spacial score (nSPS) is 18.2. The number of pyridine rings is 1. The Hall–Kier alpha value is -3.31. The van der Waals surface area contributed by atoms with Crippen molar-refractivity contribution in [1.29, 1.82) is 0 Å². The molecule has 4 rings (SSSR count). The maximum absolute atomic E-state index is 14.1. The molecule has 1 N–H and O–H groups in total. The topological polar surface area (TPSA) is 104 Å². The Morgan fingerprint density at radius 3 is 2.55 bits per heavy atom. The summed E-state index contributed by atoms with van der Waals surface area (Å²) < 4.78 is 19.6. The van der Waals surface area contributed by atoms with E-state index in [-0.39, 0.29) is 29.0 Å². The van der Waals surface area contributed by atoms with Crippen LogP contribution in [0.5, 0.6) is 11.5 Å². The first-order valence-corrected chi connectivity index (χ1v) is 11.0. The van der Waals surface area contributed by atoms with Crippen molar-refractivity contribution >= 4 is 17.5 Å². The molecule has 2 amide bonds. The Labute approximate surface area is 191 Å². The summed E-state index contributed by atoms with van der Waals surface area (Å²) in [5.74, 6) is -0.485. The second kappa shape index (κ2) is 10.1. The van der Waals surface area contributed by atoms with Gasteiger partial charge in [-0.2, -0.15) is 0 Å². The molecule has 0 unspecified atom stereocenters. The molecule has 1 aromatic carbocycles. The molecule has 0 spiro atoms. The number of nitro benzene ring substituents is 1. The van der Waals surface area contributed by atoms with E-state index in [1.54, 1.807) is 4.90 Å². The maximum atomic E-state index is 14.1. The van der Waals surface area contributed by atoms with E-state index in [1.165, 1.54) is 24.4 Å². The van der Waals surface area contributed by atoms with Crippen LogP contribution in [0.15, 0.2) is 36.5 Å². The maximum Gasteiger partial charge on any atom is 0.323 e. The number of carbonyl (C=O) groups excluding carboxylic acids is 1. The first-order chi connectivity index (χ1) is 15.9. The molecule has 176 valence electrons. The summed E-state index contributed by atoms with van der Waals surface area (Å²) in [6.45, 7) is 5.19. The number of amides is 2. The van der Waals surface area contributed by atoms with Crippen LogP contribution >= 0.6 is 0 Å². The van der Waals surface area contributed by atoms with Crippen molar-refractivity contribution in [3.8, 4) is 11.5 Å². The number of ether oxygens (including phenoxy) is 1. The third kappa shape index (κ3) is 5.74. The molecule has 2 fully saturated rings. The highest BCUT2D eigenvalue weighted by molar-refractivity contribution is 5.88. The molecule has 0 bridgehead atoms. The molecule has 3 heterocycles. The van der Waals surface area contributed by atoms with Gasteiger partial charge < -0.3 is 14.5 Å². The molecular formula is C22H27FN6O4. The molecule has 2 aliphatic heterocycles. The first kappa shape index (κ1) is 22.9. The van der Waals surface area contributed by atoms with E-state index in [2.05, 4.69) is 27.1 Å². The second-order valence-electron chi connectivity index (χ2n) is 8.34. The summed E-state index contributed by atoms with van der Waals surface area (Å²) in [4.78, 5) is 33.5. The number of nitrogens with zero attached hydrogens (tertiary/aromatic N) is 5. The lowest BCUT2D eigenvalue weighted by molar-refractivity contribution is -0.385. The minimum absolute atomic E-state index is 0.158. The number of piperazine rings is 1. The van der Waals surface area contributed by atoms with Crippen molar-refractivity contribution in [2.75, 3.05) is 51.6 Å². The van der Waals surface area contributed by atoms with Gasteiger partial charge in [0.2, 0.25) is 0 Å². The van der Waals surface area contributed by atoms with Gasteiger partial charge in [-0.15, -0.1) is 0 Å². The summed E-state index contributed by atoms with van der Waals surface area (Å²) in [6, 6.07) is 6.48. The van der Waals surface area contributed by atoms with Crippen LogP contribution in [0, 0.1) is 15.9 Å². The molecular weight excluding hydrogens is 431 g/mol. The van der Waals surface area contributed by atoms with Crippen molar-refractivity contribution < 1.29 is 18.8 Å². The van der Waals surface area contributed by atoms with Crippen LogP contribution < -0.4 is 10.1 Å². The quantitative estimate of drug-likeness (QED) is 0.542. The zero-order valence-electron chi connectivity index (χ0n) is 18.4. The predicted molar refractivity (Wildman–Crippen MR) is 120 cm³/mol. The summed E-state index contributed by atoms with van der Waals surface area (Å²) in [5.41, 5.74) is -0.363. The summed E-state index contributed by atoms with van der Waals surface area (Å²) >= 11 is 0. The molecule has 0 aliphatic carbocycles. The largest absolute Gasteiger partial charge is 0.454 e. The van der Waals surface area contributed by atoms with Crippen molar-refractivity contribution in [2.45, 2.75) is 18.9 Å². The predicted octanol–water partition coefficient (Wildman–Crippen LogP) is 3.16. The number of aromatic nitrogens is 1. The van der Waals surface area contributed by atoms with Gasteiger partial charge in [-0.05, 0) is 45.1 Å². The minimum Gasteiger partial charge on any atom is -0.454 e. The zero-order valence-corrected chi connectivity index (χ0v) is 18.4. The van der Waals surface area contributed by atoms with Crippen molar-refractivity contribution in [3.05, 3.63) is 52.5 Å². The summed E-state index contributed by atoms with van der Waals surface area (Å²) in [5, 5.41) is 13.5. The van der Waals surface area contributed by atoms with Gasteiger partial charge >= 0.3 is 6.03 Å². The fourth-order valence-corrected chi connectivity index (χ4v) is 4.19. The number of halogens is 1. The average molecular weight is 458 g/mol. The van der Waals surface area contributed by atoms with E-state index < -0.39 is 10.7 Å². The third-order valence-corrected chi connectivity index (χ3v) is 6.13. The molecule has 11 heteroatoms. The van der Waals surface area contributed by atoms with Crippen LogP contribution in [-0.2, 0) is 0 Å². The van der Waals surface area contributed by atoms with E-state index >= 15 is 0 Å². The smallest absolute Gasteiger partial charge is 0.323 e. The lowest BCUT2D eigenvalue weighted by atomic mass is 10.0. The van der Waals surface area contributed by atoms with Gasteiger partial charge in [-0.3, -0.25) is 20.3 Å². The van der Waals surface area contributed by atoms with Crippen LogP contribution in [0.2, 0.25) is 0 Å². The summed E-state index contributed by atoms with van der Waals surface area (Å²) in [7, 11) is 2.15. The Morgan fingerprint density at radius 1 is 1.15 bits per heavy atom. The molecule has 2 aromatic rings. The monoisotopic (exact) mass is 458 g/mol. The van der Waals surface area contributed by atoms with Crippen LogP contribution in [0.4, 0.5) is 20.7 Å². The van der Waals surface area contributed by atoms with Crippen molar-refractivity contribution in [3.63, 3.8) is 0 Å². The molecule has 10 nitrogen and oxygen atoms in total. The molecule has 2 saturated heterocycles. The van der Waals surface area contributed by atoms with E-state index in [0.29, 0.717) is 19.1 Å². The molecule has 0 atom stereocenters. The SMILES string of the molecule is CN1CCC(N2CCN(C(=O)Nc3cc(Oc4ccc([N+](=O)[O-])cc4F)ccn3)CC2)CC1. The third-order valence-electron chi connectivity index (χ3n) is 6.13. The Kier molecular flexibility index (Phi) is 6.99. The van der Waals surface area contributed by atoms with Crippen molar-refractivity contribution in [1.82, 2.24) is 19.7 Å². The van der Waals surface area contributed by atoms with Crippen LogP contribution in [-0.4, -0.2) is 83.0 Å². The molecule has 33 heavy (non-hydrogen) atoms. The van der Waals surface area contributed by atoms with Gasteiger partial charge in [0, 0.05) is 50.6 Å². The Balaban J connectivity index is 1.31. The number of urea groups is 1. The van der Waals surface area contributed by atoms with Gasteiger partial charge in [-0.1, -0.05) is 0 Å². The molecule has 0 radical (unpaired) electrons. The number of nitrogens with one attached hydrogen (secondary N) is 1. The lowest BCUT2D eigenvalue weighted by Gasteiger charge is -2.42. The van der Waals surface area contributed by atoms with Crippen LogP contribution in [0.1, 0.15) is 12.8 Å². The number of benzene rings is 1. The number of nitro groups is 1. The molecule has 1 aromatic heterocycles. The van der Waals surface area contributed by atoms with E-state index in [1.807, 2.05) is 0 Å². The van der Waals surface area contributed by atoms with E-state index in [9.17, 15) is 19.3 Å². The second-order valence-corrected chi connectivity index (χ2v) is 8.34. The molecule has 0 saturated carbocycles. The zero-order chi connectivity index (χ0) is 23.4. The number of hydrogen-bond acceptors (Lipinski definition) is 7. The fourth-order valence-electron chi connectivity index (χ4n) is 4.19. The standard InChI is InChI=1S/C22H27FN6O4/c1-26-8-5-16(6-9-26)27-10-12-28(13-11-27)22(30)25-21-15-18(4-7-24-21)33-20-3-2-17(29(31)32)14-19(20)23/h2-4,7,14-16H,5-6,8-13H2,1H3,(H,24,25,30). The number of carbonyl (C=O) groups is 1. The number of rotatable bonds is 5. The van der Waals surface area contributed by atoms with Crippen LogP contribution in [0.25, 0.3) is 0 Å². The van der Waals surface area contributed by atoms with Gasteiger partial charge in [0.1, 0.15) is 11.6 Å². The Morgan fingerprint density at radius 2 is 1.88 bits per heavy atom. The van der Waals surface area contributed by atoms with Gasteiger partial charge in [0.05, 0.1) is 11.0 Å². The highest BCUT2D eigenvalue weighted by atomic mass is 19.1.